The van der Waals surface area contributed by atoms with Gasteiger partial charge in [-0.1, -0.05) is 0 Å². The summed E-state index contributed by atoms with van der Waals surface area (Å²) in [5, 5.41) is 3.40. The molecule has 4 aromatic rings. The first-order chi connectivity index (χ1) is 15.5. The number of anilines is 2. The molecule has 4 heterocycles. The first-order valence-electron chi connectivity index (χ1n) is 9.47. The molecule has 0 aliphatic heterocycles. The predicted octanol–water partition coefficient (Wildman–Crippen LogP) is 4.22. The molecule has 0 aliphatic carbocycles. The average molecular weight is 449 g/mol. The van der Waals surface area contributed by atoms with E-state index in [1.807, 2.05) is 12.1 Å². The summed E-state index contributed by atoms with van der Waals surface area (Å²) in [6.07, 6.45) is 6.08. The maximum atomic E-state index is 13.1. The summed E-state index contributed by atoms with van der Waals surface area (Å²) in [6.45, 7) is 0. The van der Waals surface area contributed by atoms with Crippen molar-refractivity contribution in [1.29, 1.82) is 0 Å². The molecule has 10 heteroatoms. The average Bonchev–Trinajstić information content (AvgIpc) is 3.28. The van der Waals surface area contributed by atoms with Crippen LogP contribution in [0.2, 0.25) is 0 Å². The van der Waals surface area contributed by atoms with E-state index in [4.69, 9.17) is 4.74 Å². The van der Waals surface area contributed by atoms with Gasteiger partial charge in [0, 0.05) is 54.4 Å². The lowest BCUT2D eigenvalue weighted by atomic mass is 10.1. The van der Waals surface area contributed by atoms with Crippen molar-refractivity contribution in [3.63, 3.8) is 0 Å². The Labute approximate surface area is 187 Å². The molecule has 0 unspecified atom stereocenters. The number of amides is 2. The van der Waals surface area contributed by atoms with E-state index in [0.717, 1.165) is 21.2 Å². The van der Waals surface area contributed by atoms with Crippen molar-refractivity contribution in [3.8, 4) is 16.9 Å². The van der Waals surface area contributed by atoms with E-state index in [2.05, 4.69) is 25.0 Å². The lowest BCUT2D eigenvalue weighted by Crippen LogP contribution is -2.26. The van der Waals surface area contributed by atoms with Crippen LogP contribution < -0.4 is 15.0 Å². The maximum Gasteiger partial charge on any atom is 0.412 e. The quantitative estimate of drug-likeness (QED) is 0.486. The lowest BCUT2D eigenvalue weighted by Gasteiger charge is -2.15. The van der Waals surface area contributed by atoms with E-state index in [1.165, 1.54) is 23.3 Å². The molecule has 0 radical (unpaired) electrons. The summed E-state index contributed by atoms with van der Waals surface area (Å²) >= 11 is 1.36. The molecular weight excluding hydrogens is 430 g/mol. The van der Waals surface area contributed by atoms with E-state index < -0.39 is 6.09 Å². The number of fused-ring (bicyclic) bond motifs is 1. The number of pyridine rings is 3. The van der Waals surface area contributed by atoms with Crippen molar-refractivity contribution in [2.45, 2.75) is 0 Å². The molecule has 0 fully saturated rings. The Kier molecular flexibility index (Phi) is 5.95. The van der Waals surface area contributed by atoms with Crippen LogP contribution in [0.4, 0.5) is 16.4 Å². The zero-order valence-electron chi connectivity index (χ0n) is 17.5. The second kappa shape index (κ2) is 8.98. The summed E-state index contributed by atoms with van der Waals surface area (Å²) in [7, 11) is 4.52. The molecule has 1 N–H and O–H groups in total. The molecule has 0 aromatic carbocycles. The minimum Gasteiger partial charge on any atom is -0.497 e. The van der Waals surface area contributed by atoms with Crippen molar-refractivity contribution < 1.29 is 19.1 Å². The van der Waals surface area contributed by atoms with Crippen molar-refractivity contribution in [3.05, 3.63) is 60.0 Å². The molecule has 32 heavy (non-hydrogen) atoms. The Balaban J connectivity index is 1.64. The van der Waals surface area contributed by atoms with Crippen molar-refractivity contribution >= 4 is 45.1 Å². The van der Waals surface area contributed by atoms with Gasteiger partial charge in [0.05, 0.1) is 23.8 Å². The van der Waals surface area contributed by atoms with Gasteiger partial charge in [0.25, 0.3) is 5.91 Å². The standard InChI is InChI=1S/C22H19N5O4S/c1-27(20-8-14(30-2)6-7-24-20)21(28)17-9-15-16(11-23-12-18(15)32-17)13-4-5-19(25-10-13)26-22(29)31-3/h4-12H,1-3H3,(H,25,26,29). The maximum absolute atomic E-state index is 13.1. The monoisotopic (exact) mass is 449 g/mol. The molecule has 4 rings (SSSR count). The van der Waals surface area contributed by atoms with Gasteiger partial charge in [-0.15, -0.1) is 11.3 Å². The van der Waals surface area contributed by atoms with Crippen molar-refractivity contribution in [1.82, 2.24) is 15.0 Å². The molecule has 0 atom stereocenters. The number of methoxy groups -OCH3 is 2. The molecule has 4 aromatic heterocycles. The third kappa shape index (κ3) is 4.21. The van der Waals surface area contributed by atoms with E-state index in [1.54, 1.807) is 57.1 Å². The highest BCUT2D eigenvalue weighted by Gasteiger charge is 2.19. The Morgan fingerprint density at radius 1 is 1.06 bits per heavy atom. The van der Waals surface area contributed by atoms with E-state index in [0.29, 0.717) is 22.3 Å². The third-order valence-electron chi connectivity index (χ3n) is 4.75. The zero-order chi connectivity index (χ0) is 22.7. The number of rotatable bonds is 5. The smallest absolute Gasteiger partial charge is 0.412 e. The Bertz CT molecular complexity index is 1290. The fraction of sp³-hybridized carbons (Fsp3) is 0.136. The van der Waals surface area contributed by atoms with Gasteiger partial charge >= 0.3 is 6.09 Å². The van der Waals surface area contributed by atoms with E-state index >= 15 is 0 Å². The first-order valence-corrected chi connectivity index (χ1v) is 10.3. The number of hydrogen-bond acceptors (Lipinski definition) is 8. The zero-order valence-corrected chi connectivity index (χ0v) is 18.3. The summed E-state index contributed by atoms with van der Waals surface area (Å²) in [4.78, 5) is 39.3. The van der Waals surface area contributed by atoms with Crippen LogP contribution in [0, 0.1) is 0 Å². The van der Waals surface area contributed by atoms with Crippen LogP contribution in [-0.4, -0.2) is 48.2 Å². The molecule has 0 spiro atoms. The Hall–Kier alpha value is -4.05. The van der Waals surface area contributed by atoms with Crippen LogP contribution in [0.25, 0.3) is 21.2 Å². The fourth-order valence-corrected chi connectivity index (χ4v) is 4.09. The van der Waals surface area contributed by atoms with Crippen molar-refractivity contribution in [2.75, 3.05) is 31.5 Å². The van der Waals surface area contributed by atoms with Crippen LogP contribution >= 0.6 is 11.3 Å². The molecule has 0 saturated heterocycles. The predicted molar refractivity (Wildman–Crippen MR) is 122 cm³/mol. The topological polar surface area (TPSA) is 107 Å². The number of nitrogens with one attached hydrogen (secondary N) is 1. The summed E-state index contributed by atoms with van der Waals surface area (Å²) in [5.41, 5.74) is 1.63. The van der Waals surface area contributed by atoms with Crippen LogP contribution in [0.3, 0.4) is 0 Å². The Morgan fingerprint density at radius 2 is 1.91 bits per heavy atom. The molecular formula is C22H19N5O4S. The SMILES string of the molecule is COC(=O)Nc1ccc(-c2cncc3sc(C(=O)N(C)c4cc(OC)ccn4)cc23)cn1. The molecule has 2 amide bonds. The molecule has 162 valence electrons. The number of carbonyl (C=O) groups excluding carboxylic acids is 2. The number of thiophene rings is 1. The second-order valence-corrected chi connectivity index (χ2v) is 7.76. The van der Waals surface area contributed by atoms with Crippen LogP contribution in [0.1, 0.15) is 9.67 Å². The largest absolute Gasteiger partial charge is 0.497 e. The van der Waals surface area contributed by atoms with Crippen LogP contribution in [0.5, 0.6) is 5.75 Å². The highest BCUT2D eigenvalue weighted by atomic mass is 32.1. The lowest BCUT2D eigenvalue weighted by molar-refractivity contribution is 0.0996. The minimum atomic E-state index is -0.593. The van der Waals surface area contributed by atoms with Gasteiger partial charge in [-0.3, -0.25) is 20.0 Å². The highest BCUT2D eigenvalue weighted by Crippen LogP contribution is 2.34. The Morgan fingerprint density at radius 3 is 2.62 bits per heavy atom. The van der Waals surface area contributed by atoms with Gasteiger partial charge in [0.2, 0.25) is 0 Å². The summed E-state index contributed by atoms with van der Waals surface area (Å²) < 4.78 is 10.7. The molecule has 0 bridgehead atoms. The van der Waals surface area contributed by atoms with Gasteiger partial charge in [-0.05, 0) is 24.3 Å². The van der Waals surface area contributed by atoms with Gasteiger partial charge in [0.1, 0.15) is 17.4 Å². The van der Waals surface area contributed by atoms with Gasteiger partial charge < -0.3 is 9.47 Å². The number of nitrogens with zero attached hydrogens (tertiary/aromatic N) is 4. The van der Waals surface area contributed by atoms with Gasteiger partial charge in [-0.25, -0.2) is 14.8 Å². The first kappa shape index (κ1) is 21.2. The second-order valence-electron chi connectivity index (χ2n) is 6.68. The normalized spacial score (nSPS) is 10.6. The third-order valence-corrected chi connectivity index (χ3v) is 5.81. The minimum absolute atomic E-state index is 0.186. The summed E-state index contributed by atoms with van der Waals surface area (Å²) in [5.74, 6) is 1.29. The number of aromatic nitrogens is 3. The fourth-order valence-electron chi connectivity index (χ4n) is 3.06. The molecule has 0 aliphatic rings. The van der Waals surface area contributed by atoms with Gasteiger partial charge in [0.15, 0.2) is 0 Å². The van der Waals surface area contributed by atoms with Crippen LogP contribution in [-0.2, 0) is 4.74 Å². The van der Waals surface area contributed by atoms with Crippen molar-refractivity contribution in [2.24, 2.45) is 0 Å². The number of ether oxygens (including phenoxy) is 2. The molecule has 0 saturated carbocycles. The van der Waals surface area contributed by atoms with Crippen LogP contribution in [0.15, 0.2) is 55.1 Å². The van der Waals surface area contributed by atoms with Gasteiger partial charge in [-0.2, -0.15) is 0 Å². The molecule has 9 nitrogen and oxygen atoms in total. The number of carbonyl (C=O) groups is 2. The summed E-state index contributed by atoms with van der Waals surface area (Å²) in [6, 6.07) is 8.76. The number of hydrogen-bond donors (Lipinski definition) is 1. The van der Waals surface area contributed by atoms with E-state index in [9.17, 15) is 9.59 Å². The highest BCUT2D eigenvalue weighted by molar-refractivity contribution is 7.21. The van der Waals surface area contributed by atoms with E-state index in [-0.39, 0.29) is 5.91 Å².